The van der Waals surface area contributed by atoms with E-state index in [4.69, 9.17) is 0 Å². The number of halogens is 1. The number of hydrogen-bond acceptors (Lipinski definition) is 3. The van der Waals surface area contributed by atoms with E-state index in [0.29, 0.717) is 18.5 Å². The second-order valence-corrected chi connectivity index (χ2v) is 6.18. The Kier molecular flexibility index (Phi) is 5.65. The van der Waals surface area contributed by atoms with Crippen LogP contribution in [-0.2, 0) is 11.3 Å². The van der Waals surface area contributed by atoms with Crippen LogP contribution in [0.1, 0.15) is 37.7 Å². The number of carbonyl (C=O) groups excluding carboxylic acids is 1. The van der Waals surface area contributed by atoms with Crippen molar-refractivity contribution in [1.82, 2.24) is 20.4 Å². The van der Waals surface area contributed by atoms with Gasteiger partial charge in [0.25, 0.3) is 0 Å². The molecule has 1 amide bonds. The summed E-state index contributed by atoms with van der Waals surface area (Å²) in [4.78, 5) is 12.2. The van der Waals surface area contributed by atoms with E-state index in [0.717, 1.165) is 18.5 Å². The van der Waals surface area contributed by atoms with Crippen LogP contribution in [0, 0.1) is 12.8 Å². The maximum absolute atomic E-state index is 12.2. The maximum atomic E-state index is 12.2. The highest BCUT2D eigenvalue weighted by molar-refractivity contribution is 5.85. The smallest absolute Gasteiger partial charge is 0.237 e. The lowest BCUT2D eigenvalue weighted by atomic mass is 9.85. The molecule has 1 aromatic rings. The molecular formula is C15H25ClN4O. The first kappa shape index (κ1) is 16.3. The molecule has 21 heavy (non-hydrogen) atoms. The number of amides is 1. The molecule has 3 rings (SSSR count). The van der Waals surface area contributed by atoms with E-state index in [1.54, 1.807) is 0 Å². The quantitative estimate of drug-likeness (QED) is 0.889. The Bertz CT molecular complexity index is 462. The van der Waals surface area contributed by atoms with Crippen molar-refractivity contribution in [3.8, 4) is 0 Å². The predicted octanol–water partition coefficient (Wildman–Crippen LogP) is 1.65. The molecule has 6 heteroatoms. The van der Waals surface area contributed by atoms with Gasteiger partial charge in [0.15, 0.2) is 0 Å². The fourth-order valence-corrected chi connectivity index (χ4v) is 3.53. The lowest BCUT2D eigenvalue weighted by Crippen LogP contribution is -2.44. The van der Waals surface area contributed by atoms with Crippen LogP contribution in [0.2, 0.25) is 0 Å². The number of rotatable bonds is 4. The minimum atomic E-state index is 0. The standard InChI is InChI=1S/C15H24N4O.ClH/c1-11-9-17-19(10-11)7-6-16-15(20)14-8-12-4-2-3-5-13(12)18-14;/h9-10,12-14,18H,2-8H2,1H3,(H,16,20);1H. The number of nitrogens with zero attached hydrogens (tertiary/aromatic N) is 2. The summed E-state index contributed by atoms with van der Waals surface area (Å²) in [5.41, 5.74) is 1.15. The zero-order valence-corrected chi connectivity index (χ0v) is 13.4. The van der Waals surface area contributed by atoms with Crippen molar-refractivity contribution in [1.29, 1.82) is 0 Å². The fourth-order valence-electron chi connectivity index (χ4n) is 3.53. The summed E-state index contributed by atoms with van der Waals surface area (Å²) < 4.78 is 1.87. The Morgan fingerprint density at radius 2 is 2.29 bits per heavy atom. The molecule has 1 saturated carbocycles. The lowest BCUT2D eigenvalue weighted by Gasteiger charge is -2.24. The lowest BCUT2D eigenvalue weighted by molar-refractivity contribution is -0.122. The van der Waals surface area contributed by atoms with Crippen LogP contribution in [0.25, 0.3) is 0 Å². The van der Waals surface area contributed by atoms with Crippen molar-refractivity contribution in [2.75, 3.05) is 6.54 Å². The number of nitrogens with one attached hydrogen (secondary N) is 2. The van der Waals surface area contributed by atoms with Crippen LogP contribution >= 0.6 is 12.4 Å². The molecular weight excluding hydrogens is 288 g/mol. The number of fused-ring (bicyclic) bond motifs is 1. The number of hydrogen-bond donors (Lipinski definition) is 2. The van der Waals surface area contributed by atoms with Crippen molar-refractivity contribution < 1.29 is 4.79 Å². The van der Waals surface area contributed by atoms with E-state index in [9.17, 15) is 4.79 Å². The highest BCUT2D eigenvalue weighted by Crippen LogP contribution is 2.33. The molecule has 0 aromatic carbocycles. The molecule has 2 N–H and O–H groups in total. The molecule has 3 unspecified atom stereocenters. The van der Waals surface area contributed by atoms with Gasteiger partial charge in [0, 0.05) is 18.8 Å². The first-order valence-electron chi connectivity index (χ1n) is 7.75. The largest absolute Gasteiger partial charge is 0.353 e. The Morgan fingerprint density at radius 1 is 1.48 bits per heavy atom. The molecule has 2 aliphatic rings. The first-order valence-corrected chi connectivity index (χ1v) is 7.75. The topological polar surface area (TPSA) is 59.0 Å². The summed E-state index contributed by atoms with van der Waals surface area (Å²) >= 11 is 0. The normalized spacial score (nSPS) is 27.8. The third-order valence-electron chi connectivity index (χ3n) is 4.58. The van der Waals surface area contributed by atoms with Gasteiger partial charge < -0.3 is 10.6 Å². The minimum Gasteiger partial charge on any atom is -0.353 e. The Hall–Kier alpha value is -1.07. The van der Waals surface area contributed by atoms with Crippen LogP contribution < -0.4 is 10.6 Å². The average Bonchev–Trinajstić information content (AvgIpc) is 3.04. The third kappa shape index (κ3) is 3.98. The van der Waals surface area contributed by atoms with Crippen LogP contribution in [0.5, 0.6) is 0 Å². The van der Waals surface area contributed by atoms with Crippen molar-refractivity contribution in [3.05, 3.63) is 18.0 Å². The molecule has 0 radical (unpaired) electrons. The van der Waals surface area contributed by atoms with Crippen LogP contribution in [0.4, 0.5) is 0 Å². The second-order valence-electron chi connectivity index (χ2n) is 6.18. The van der Waals surface area contributed by atoms with Gasteiger partial charge in [-0.1, -0.05) is 12.8 Å². The third-order valence-corrected chi connectivity index (χ3v) is 4.58. The molecule has 118 valence electrons. The molecule has 1 saturated heterocycles. The van der Waals surface area contributed by atoms with Crippen molar-refractivity contribution >= 4 is 18.3 Å². The van der Waals surface area contributed by atoms with Gasteiger partial charge in [-0.2, -0.15) is 5.10 Å². The number of aryl methyl sites for hydroxylation is 1. The van der Waals surface area contributed by atoms with Gasteiger partial charge in [0.2, 0.25) is 5.91 Å². The molecule has 1 aliphatic heterocycles. The molecule has 0 spiro atoms. The second kappa shape index (κ2) is 7.27. The monoisotopic (exact) mass is 312 g/mol. The van der Waals surface area contributed by atoms with Gasteiger partial charge in [-0.25, -0.2) is 0 Å². The maximum Gasteiger partial charge on any atom is 0.237 e. The molecule has 3 atom stereocenters. The molecule has 0 bridgehead atoms. The van der Waals surface area contributed by atoms with E-state index >= 15 is 0 Å². The van der Waals surface area contributed by atoms with Crippen LogP contribution in [0.15, 0.2) is 12.4 Å². The summed E-state index contributed by atoms with van der Waals surface area (Å²) in [6.45, 7) is 3.40. The van der Waals surface area contributed by atoms with Gasteiger partial charge in [-0.15, -0.1) is 12.4 Å². The SMILES string of the molecule is Cc1cnn(CCNC(=O)C2CC3CCCCC3N2)c1.Cl. The van der Waals surface area contributed by atoms with Gasteiger partial charge in [-0.05, 0) is 37.7 Å². The van der Waals surface area contributed by atoms with Gasteiger partial charge in [0.1, 0.15) is 0 Å². The van der Waals surface area contributed by atoms with E-state index < -0.39 is 0 Å². The summed E-state index contributed by atoms with van der Waals surface area (Å²) in [7, 11) is 0. The van der Waals surface area contributed by atoms with Crippen LogP contribution in [-0.4, -0.2) is 34.3 Å². The van der Waals surface area contributed by atoms with Crippen molar-refractivity contribution in [3.63, 3.8) is 0 Å². The Morgan fingerprint density at radius 3 is 3.00 bits per heavy atom. The van der Waals surface area contributed by atoms with E-state index in [1.807, 2.05) is 24.0 Å². The van der Waals surface area contributed by atoms with Gasteiger partial charge in [-0.3, -0.25) is 9.48 Å². The predicted molar refractivity (Wildman–Crippen MR) is 84.5 cm³/mol. The fraction of sp³-hybridized carbons (Fsp3) is 0.733. The first-order chi connectivity index (χ1) is 9.72. The highest BCUT2D eigenvalue weighted by Gasteiger charge is 2.37. The highest BCUT2D eigenvalue weighted by atomic mass is 35.5. The zero-order valence-electron chi connectivity index (χ0n) is 12.5. The zero-order chi connectivity index (χ0) is 13.9. The molecule has 1 aliphatic carbocycles. The number of aromatic nitrogens is 2. The average molecular weight is 313 g/mol. The molecule has 2 heterocycles. The van der Waals surface area contributed by atoms with E-state index in [-0.39, 0.29) is 24.4 Å². The van der Waals surface area contributed by atoms with E-state index in [2.05, 4.69) is 15.7 Å². The summed E-state index contributed by atoms with van der Waals surface area (Å²) in [5.74, 6) is 0.872. The van der Waals surface area contributed by atoms with E-state index in [1.165, 1.54) is 25.7 Å². The molecule has 5 nitrogen and oxygen atoms in total. The summed E-state index contributed by atoms with van der Waals surface area (Å²) in [6.07, 6.45) is 10.0. The summed E-state index contributed by atoms with van der Waals surface area (Å²) in [6, 6.07) is 0.593. The molecule has 2 fully saturated rings. The van der Waals surface area contributed by atoms with Gasteiger partial charge >= 0.3 is 0 Å². The van der Waals surface area contributed by atoms with Gasteiger partial charge in [0.05, 0.1) is 18.8 Å². The minimum absolute atomic E-state index is 0. The van der Waals surface area contributed by atoms with Crippen molar-refractivity contribution in [2.45, 2.75) is 57.7 Å². The van der Waals surface area contributed by atoms with Crippen molar-refractivity contribution in [2.24, 2.45) is 5.92 Å². The molecule has 1 aromatic heterocycles. The summed E-state index contributed by atoms with van der Waals surface area (Å²) in [5, 5.41) is 10.8. The Labute approximate surface area is 132 Å². The van der Waals surface area contributed by atoms with Crippen LogP contribution in [0.3, 0.4) is 0 Å². The Balaban J connectivity index is 0.00000161. The number of carbonyl (C=O) groups is 1.